The molecule has 190 valence electrons. The number of fused-ring (bicyclic) bond motifs is 1. The Labute approximate surface area is 206 Å². The van der Waals surface area contributed by atoms with Crippen molar-refractivity contribution in [3.8, 4) is 22.8 Å². The van der Waals surface area contributed by atoms with Gasteiger partial charge in [-0.15, -0.1) is 0 Å². The summed E-state index contributed by atoms with van der Waals surface area (Å²) in [5.74, 6) is -1.85. The molecule has 2 heterocycles. The van der Waals surface area contributed by atoms with Gasteiger partial charge >= 0.3 is 22.1 Å². The van der Waals surface area contributed by atoms with Crippen molar-refractivity contribution in [2.24, 2.45) is 0 Å². The minimum atomic E-state index is -4.78. The number of carboxylic acids is 1. The molecule has 14 heteroatoms. The van der Waals surface area contributed by atoms with Crippen LogP contribution in [0.5, 0.6) is 11.5 Å². The lowest BCUT2D eigenvalue weighted by Crippen LogP contribution is -2.48. The Morgan fingerprint density at radius 2 is 1.86 bits per heavy atom. The number of hydrogen-bond donors (Lipinski definition) is 2. The van der Waals surface area contributed by atoms with Crippen LogP contribution in [0.4, 0.5) is 5.69 Å². The molecule has 4 rings (SSSR count). The molecule has 1 aromatic heterocycles. The van der Waals surface area contributed by atoms with E-state index in [2.05, 4.69) is 0 Å². The van der Waals surface area contributed by atoms with Gasteiger partial charge in [-0.1, -0.05) is 16.3 Å². The van der Waals surface area contributed by atoms with E-state index in [-0.39, 0.29) is 22.0 Å². The van der Waals surface area contributed by atoms with Crippen LogP contribution in [-0.2, 0) is 31.6 Å². The number of hydrogen-bond acceptors (Lipinski definition) is 8. The number of nitrogens with zero attached hydrogens (tertiary/aromatic N) is 2. The number of nitrogens with one attached hydrogen (secondary N) is 1. The highest BCUT2D eigenvalue weighted by molar-refractivity contribution is 8.05. The highest BCUT2D eigenvalue weighted by Gasteiger charge is 2.36. The number of carboxylic acid groups (broad SMARTS) is 1. The summed E-state index contributed by atoms with van der Waals surface area (Å²) in [6, 6.07) is 12.4. The quantitative estimate of drug-likeness (QED) is 0.324. The summed E-state index contributed by atoms with van der Waals surface area (Å²) >= 11 is 0. The van der Waals surface area contributed by atoms with Gasteiger partial charge in [0.05, 0.1) is 17.7 Å². The number of anilines is 1. The molecule has 0 saturated carbocycles. The second kappa shape index (κ2) is 9.29. The number of methoxy groups -OCH3 is 1. The summed E-state index contributed by atoms with van der Waals surface area (Å²) in [7, 11) is -8.05. The topological polar surface area (TPSA) is 161 Å². The van der Waals surface area contributed by atoms with Gasteiger partial charge in [0.15, 0.2) is 5.75 Å². The number of carbonyl (C=O) groups is 2. The number of carbonyl (C=O) groups excluding carboxylic acids is 1. The molecule has 0 unspecified atom stereocenters. The van der Waals surface area contributed by atoms with Gasteiger partial charge in [-0.25, -0.2) is 22.3 Å². The van der Waals surface area contributed by atoms with E-state index in [4.69, 9.17) is 9.47 Å². The summed E-state index contributed by atoms with van der Waals surface area (Å²) in [6.07, 6.45) is 0. The van der Waals surface area contributed by atoms with Gasteiger partial charge in [-0.2, -0.15) is 8.42 Å². The van der Waals surface area contributed by atoms with Crippen molar-refractivity contribution in [1.29, 1.82) is 0 Å². The monoisotopic (exact) mass is 535 g/mol. The predicted octanol–water partition coefficient (Wildman–Crippen LogP) is 1.83. The van der Waals surface area contributed by atoms with Gasteiger partial charge in [-0.05, 0) is 48.9 Å². The summed E-state index contributed by atoms with van der Waals surface area (Å²) in [5, 5.41) is 9.37. The van der Waals surface area contributed by atoms with E-state index < -0.39 is 38.7 Å². The Hall–Kier alpha value is -3.88. The average molecular weight is 536 g/mol. The van der Waals surface area contributed by atoms with Crippen molar-refractivity contribution in [3.63, 3.8) is 0 Å². The average Bonchev–Trinajstić information content (AvgIpc) is 3.27. The molecule has 0 atom stereocenters. The van der Waals surface area contributed by atoms with Crippen molar-refractivity contribution < 1.29 is 41.0 Å². The van der Waals surface area contributed by atoms with Crippen LogP contribution >= 0.6 is 0 Å². The zero-order valence-electron chi connectivity index (χ0n) is 19.0. The largest absolute Gasteiger partial charge is 0.497 e. The highest BCUT2D eigenvalue weighted by atomic mass is 32.3. The van der Waals surface area contributed by atoms with Crippen LogP contribution in [0.2, 0.25) is 0 Å². The van der Waals surface area contributed by atoms with E-state index in [9.17, 15) is 31.5 Å². The molecule has 1 aliphatic rings. The van der Waals surface area contributed by atoms with E-state index >= 15 is 0 Å². The molecule has 0 aliphatic carbocycles. The maximum atomic E-state index is 13.1. The third-order valence-electron chi connectivity index (χ3n) is 5.39. The van der Waals surface area contributed by atoms with Gasteiger partial charge in [0.2, 0.25) is 0 Å². The molecular weight excluding hydrogens is 514 g/mol. The minimum absolute atomic E-state index is 0.0220. The van der Waals surface area contributed by atoms with Crippen molar-refractivity contribution in [2.75, 3.05) is 18.0 Å². The van der Waals surface area contributed by atoms with Crippen LogP contribution in [-0.4, -0.2) is 52.1 Å². The van der Waals surface area contributed by atoms with Crippen LogP contribution in [0.1, 0.15) is 17.4 Å². The van der Waals surface area contributed by atoms with E-state index in [0.717, 1.165) is 0 Å². The molecule has 0 bridgehead atoms. The van der Waals surface area contributed by atoms with Gasteiger partial charge < -0.3 is 19.1 Å². The maximum absolute atomic E-state index is 13.1. The summed E-state index contributed by atoms with van der Waals surface area (Å²) in [5.41, 5.74) is 0.780. The summed E-state index contributed by atoms with van der Waals surface area (Å²) in [4.78, 5) is 23.1. The maximum Gasteiger partial charge on any atom is 0.352 e. The lowest BCUT2D eigenvalue weighted by atomic mass is 10.1. The highest BCUT2D eigenvalue weighted by Crippen LogP contribution is 2.36. The van der Waals surface area contributed by atoms with E-state index in [1.807, 2.05) is 0 Å². The molecule has 0 spiro atoms. The Bertz CT molecular complexity index is 1580. The SMILES string of the molecule is CCn1c(C(=O)O)ccc1-c1cccc(S(=O)(=O)NS(=O)(=O)N2CC(=O)Oc3cc(OC)ccc32)c1. The van der Waals surface area contributed by atoms with E-state index in [1.165, 1.54) is 60.2 Å². The predicted molar refractivity (Wildman–Crippen MR) is 128 cm³/mol. The molecule has 2 N–H and O–H groups in total. The number of aromatic carboxylic acids is 1. The number of rotatable bonds is 8. The molecule has 3 aromatic rings. The standard InChI is InChI=1S/C22H21N3O9S2/c1-3-24-17(9-10-19(24)22(27)28)14-5-4-6-16(11-14)35(29,30)23-36(31,32)25-13-21(26)34-20-12-15(33-2)7-8-18(20)25/h4-12,23H,3,13H2,1-2H3,(H,27,28). The third-order valence-corrected chi connectivity index (χ3v) is 8.89. The molecule has 12 nitrogen and oxygen atoms in total. The van der Waals surface area contributed by atoms with Crippen molar-refractivity contribution in [3.05, 3.63) is 60.3 Å². The second-order valence-electron chi connectivity index (χ2n) is 7.59. The van der Waals surface area contributed by atoms with Crippen LogP contribution in [0.3, 0.4) is 0 Å². The van der Waals surface area contributed by atoms with Gasteiger partial charge in [-0.3, -0.25) is 0 Å². The molecule has 36 heavy (non-hydrogen) atoms. The fourth-order valence-corrected chi connectivity index (χ4v) is 6.86. The second-order valence-corrected chi connectivity index (χ2v) is 11.1. The van der Waals surface area contributed by atoms with Gasteiger partial charge in [0.25, 0.3) is 10.0 Å². The Kier molecular flexibility index (Phi) is 6.51. The van der Waals surface area contributed by atoms with Crippen molar-refractivity contribution in [1.82, 2.24) is 8.69 Å². The van der Waals surface area contributed by atoms with Crippen molar-refractivity contribution >= 4 is 37.9 Å². The lowest BCUT2D eigenvalue weighted by molar-refractivity contribution is -0.133. The van der Waals surface area contributed by atoms with E-state index in [1.54, 1.807) is 17.1 Å². The Morgan fingerprint density at radius 3 is 2.53 bits per heavy atom. The lowest BCUT2D eigenvalue weighted by Gasteiger charge is -2.29. The zero-order valence-corrected chi connectivity index (χ0v) is 20.7. The molecule has 1 aliphatic heterocycles. The Balaban J connectivity index is 1.69. The summed E-state index contributed by atoms with van der Waals surface area (Å²) in [6.45, 7) is 1.30. The smallest absolute Gasteiger partial charge is 0.352 e. The number of aromatic nitrogens is 1. The first kappa shape index (κ1) is 25.2. The van der Waals surface area contributed by atoms with Crippen LogP contribution in [0.25, 0.3) is 11.3 Å². The Morgan fingerprint density at radius 1 is 1.11 bits per heavy atom. The number of benzene rings is 2. The van der Waals surface area contributed by atoms with E-state index in [0.29, 0.717) is 27.9 Å². The van der Waals surface area contributed by atoms with Crippen LogP contribution < -0.4 is 17.9 Å². The number of esters is 1. The summed E-state index contributed by atoms with van der Waals surface area (Å²) < 4.78 is 66.2. The van der Waals surface area contributed by atoms with Crippen LogP contribution in [0.15, 0.2) is 59.5 Å². The molecule has 2 aromatic carbocycles. The van der Waals surface area contributed by atoms with Gasteiger partial charge in [0, 0.05) is 18.3 Å². The number of sulfonamides is 1. The van der Waals surface area contributed by atoms with Gasteiger partial charge in [0.1, 0.15) is 18.0 Å². The van der Waals surface area contributed by atoms with Crippen molar-refractivity contribution in [2.45, 2.75) is 18.4 Å². The van der Waals surface area contributed by atoms with Crippen LogP contribution in [0, 0.1) is 0 Å². The fourth-order valence-electron chi connectivity index (χ4n) is 3.78. The molecule has 0 saturated heterocycles. The minimum Gasteiger partial charge on any atom is -0.497 e. The zero-order chi connectivity index (χ0) is 26.3. The molecule has 0 fully saturated rings. The molecular formula is C22H21N3O9S2. The molecule has 0 amide bonds. The first-order valence-corrected chi connectivity index (χ1v) is 13.4. The normalized spacial score (nSPS) is 13.7. The number of ether oxygens (including phenoxy) is 2. The molecule has 0 radical (unpaired) electrons. The first-order valence-electron chi connectivity index (χ1n) is 10.4. The first-order chi connectivity index (χ1) is 17.0. The third kappa shape index (κ3) is 4.65. The fraction of sp³-hybridized carbons (Fsp3) is 0.182.